The largest absolute Gasteiger partial charge is 0.346 e. The fourth-order valence-electron chi connectivity index (χ4n) is 3.74. The molecule has 1 atom stereocenters. The minimum atomic E-state index is -0.163. The van der Waals surface area contributed by atoms with Crippen LogP contribution in [-0.4, -0.2) is 47.2 Å². The van der Waals surface area contributed by atoms with E-state index in [0.29, 0.717) is 5.91 Å². The number of hydrogen-bond donors (Lipinski definition) is 0. The molecule has 22 heavy (non-hydrogen) atoms. The van der Waals surface area contributed by atoms with Crippen LogP contribution in [-0.2, 0) is 11.2 Å². The summed E-state index contributed by atoms with van der Waals surface area (Å²) in [5.74, 6) is 0.376. The Morgan fingerprint density at radius 2 is 2.05 bits per heavy atom. The van der Waals surface area contributed by atoms with Crippen molar-refractivity contribution < 1.29 is 4.79 Å². The van der Waals surface area contributed by atoms with Gasteiger partial charge in [0.2, 0.25) is 11.0 Å². The Morgan fingerprint density at radius 3 is 2.82 bits per heavy atom. The molecule has 0 aromatic carbocycles. The van der Waals surface area contributed by atoms with Gasteiger partial charge in [0.1, 0.15) is 5.01 Å². The molecule has 2 aliphatic heterocycles. The molecule has 0 aliphatic carbocycles. The Balaban J connectivity index is 1.71. The van der Waals surface area contributed by atoms with E-state index in [1.54, 1.807) is 11.3 Å². The molecule has 0 radical (unpaired) electrons. The highest BCUT2D eigenvalue weighted by molar-refractivity contribution is 7.15. The second kappa shape index (κ2) is 6.52. The SMILES string of the molecule is CCCc1nnc(N2CCC3(CCCN(CCC)C3=O)C2)s1. The van der Waals surface area contributed by atoms with Gasteiger partial charge in [0.05, 0.1) is 5.41 Å². The van der Waals surface area contributed by atoms with Crippen LogP contribution >= 0.6 is 11.3 Å². The summed E-state index contributed by atoms with van der Waals surface area (Å²) in [5, 5.41) is 10.7. The highest BCUT2D eigenvalue weighted by atomic mass is 32.1. The average molecular weight is 322 g/mol. The highest BCUT2D eigenvalue weighted by Crippen LogP contribution is 2.42. The summed E-state index contributed by atoms with van der Waals surface area (Å²) >= 11 is 1.69. The molecule has 2 aliphatic rings. The molecule has 1 unspecified atom stereocenters. The van der Waals surface area contributed by atoms with Crippen LogP contribution in [0.3, 0.4) is 0 Å². The van der Waals surface area contributed by atoms with Gasteiger partial charge in [-0.25, -0.2) is 0 Å². The number of aryl methyl sites for hydroxylation is 1. The van der Waals surface area contributed by atoms with Gasteiger partial charge in [-0.15, -0.1) is 10.2 Å². The van der Waals surface area contributed by atoms with Crippen molar-refractivity contribution >= 4 is 22.4 Å². The fraction of sp³-hybridized carbons (Fsp3) is 0.812. The minimum Gasteiger partial charge on any atom is -0.346 e. The Kier molecular flexibility index (Phi) is 4.66. The number of piperidine rings is 1. The second-order valence-electron chi connectivity index (χ2n) is 6.58. The van der Waals surface area contributed by atoms with Crippen LogP contribution in [0.1, 0.15) is 51.0 Å². The monoisotopic (exact) mass is 322 g/mol. The van der Waals surface area contributed by atoms with E-state index in [2.05, 4.69) is 33.8 Å². The predicted octanol–water partition coefficient (Wildman–Crippen LogP) is 2.72. The minimum absolute atomic E-state index is 0.163. The maximum atomic E-state index is 12.9. The number of likely N-dealkylation sites (tertiary alicyclic amines) is 1. The molecule has 0 bridgehead atoms. The number of rotatable bonds is 5. The Morgan fingerprint density at radius 1 is 1.18 bits per heavy atom. The molecule has 1 aromatic rings. The van der Waals surface area contributed by atoms with E-state index in [1.165, 1.54) is 0 Å². The Hall–Kier alpha value is -1.17. The number of aromatic nitrogens is 2. The topological polar surface area (TPSA) is 49.3 Å². The van der Waals surface area contributed by atoms with Crippen molar-refractivity contribution in [2.45, 2.75) is 52.4 Å². The molecule has 1 spiro atoms. The van der Waals surface area contributed by atoms with E-state index in [9.17, 15) is 4.79 Å². The maximum Gasteiger partial charge on any atom is 0.230 e. The summed E-state index contributed by atoms with van der Waals surface area (Å²) in [7, 11) is 0. The molecule has 6 heteroatoms. The maximum absolute atomic E-state index is 12.9. The molecular weight excluding hydrogens is 296 g/mol. The zero-order valence-corrected chi connectivity index (χ0v) is 14.5. The molecule has 3 heterocycles. The molecule has 0 saturated carbocycles. The second-order valence-corrected chi connectivity index (χ2v) is 7.62. The molecule has 0 N–H and O–H groups in total. The lowest BCUT2D eigenvalue weighted by Crippen LogP contribution is -2.50. The van der Waals surface area contributed by atoms with Gasteiger partial charge in [-0.3, -0.25) is 4.79 Å². The number of carbonyl (C=O) groups excluding carboxylic acids is 1. The van der Waals surface area contributed by atoms with Crippen molar-refractivity contribution in [1.82, 2.24) is 15.1 Å². The molecule has 2 fully saturated rings. The predicted molar refractivity (Wildman–Crippen MR) is 89.3 cm³/mol. The summed E-state index contributed by atoms with van der Waals surface area (Å²) < 4.78 is 0. The zero-order chi connectivity index (χ0) is 15.6. The third-order valence-electron chi connectivity index (χ3n) is 4.86. The van der Waals surface area contributed by atoms with E-state index in [4.69, 9.17) is 0 Å². The van der Waals surface area contributed by atoms with Crippen molar-refractivity contribution in [2.75, 3.05) is 31.1 Å². The zero-order valence-electron chi connectivity index (χ0n) is 13.7. The van der Waals surface area contributed by atoms with E-state index in [1.807, 2.05) is 0 Å². The molecule has 122 valence electrons. The normalized spacial score (nSPS) is 25.5. The van der Waals surface area contributed by atoms with Crippen molar-refractivity contribution in [1.29, 1.82) is 0 Å². The van der Waals surface area contributed by atoms with Crippen molar-refractivity contribution in [2.24, 2.45) is 5.41 Å². The van der Waals surface area contributed by atoms with Crippen LogP contribution in [0.15, 0.2) is 0 Å². The van der Waals surface area contributed by atoms with Gasteiger partial charge in [-0.05, 0) is 32.1 Å². The van der Waals surface area contributed by atoms with Gasteiger partial charge in [0.15, 0.2) is 0 Å². The Labute approximate surface area is 136 Å². The van der Waals surface area contributed by atoms with Crippen LogP contribution in [0.5, 0.6) is 0 Å². The number of anilines is 1. The first-order chi connectivity index (χ1) is 10.7. The van der Waals surface area contributed by atoms with E-state index in [-0.39, 0.29) is 5.41 Å². The lowest BCUT2D eigenvalue weighted by molar-refractivity contribution is -0.145. The number of amides is 1. The average Bonchev–Trinajstić information content (AvgIpc) is 3.13. The summed E-state index contributed by atoms with van der Waals surface area (Å²) in [6.45, 7) is 7.91. The quantitative estimate of drug-likeness (QED) is 0.836. The number of carbonyl (C=O) groups is 1. The first-order valence-corrected chi connectivity index (χ1v) is 9.37. The summed E-state index contributed by atoms with van der Waals surface area (Å²) in [6, 6.07) is 0. The van der Waals surface area contributed by atoms with Gasteiger partial charge < -0.3 is 9.80 Å². The molecule has 5 nitrogen and oxygen atoms in total. The summed E-state index contributed by atoms with van der Waals surface area (Å²) in [5.41, 5.74) is -0.163. The van der Waals surface area contributed by atoms with Crippen molar-refractivity contribution in [3.05, 3.63) is 5.01 Å². The lowest BCUT2D eigenvalue weighted by atomic mass is 9.78. The van der Waals surface area contributed by atoms with E-state index in [0.717, 1.165) is 74.8 Å². The van der Waals surface area contributed by atoms with Gasteiger partial charge in [-0.1, -0.05) is 25.2 Å². The van der Waals surface area contributed by atoms with Crippen LogP contribution in [0.2, 0.25) is 0 Å². The van der Waals surface area contributed by atoms with Crippen LogP contribution < -0.4 is 4.90 Å². The highest BCUT2D eigenvalue weighted by Gasteiger charge is 2.48. The van der Waals surface area contributed by atoms with Crippen LogP contribution in [0, 0.1) is 5.41 Å². The number of nitrogens with zero attached hydrogens (tertiary/aromatic N) is 4. The molecular formula is C16H26N4OS. The first-order valence-electron chi connectivity index (χ1n) is 8.55. The van der Waals surface area contributed by atoms with Crippen molar-refractivity contribution in [3.8, 4) is 0 Å². The summed E-state index contributed by atoms with van der Waals surface area (Å²) in [6.07, 6.45) is 6.28. The van der Waals surface area contributed by atoms with Gasteiger partial charge in [0.25, 0.3) is 0 Å². The van der Waals surface area contributed by atoms with Crippen molar-refractivity contribution in [3.63, 3.8) is 0 Å². The fourth-order valence-corrected chi connectivity index (χ4v) is 4.70. The van der Waals surface area contributed by atoms with Gasteiger partial charge in [0, 0.05) is 32.6 Å². The molecule has 3 rings (SSSR count). The summed E-state index contributed by atoms with van der Waals surface area (Å²) in [4.78, 5) is 17.3. The van der Waals surface area contributed by atoms with Gasteiger partial charge in [-0.2, -0.15) is 0 Å². The smallest absolute Gasteiger partial charge is 0.230 e. The Bertz CT molecular complexity index is 530. The molecule has 1 amide bonds. The van der Waals surface area contributed by atoms with Crippen LogP contribution in [0.25, 0.3) is 0 Å². The van der Waals surface area contributed by atoms with E-state index >= 15 is 0 Å². The standard InChI is InChI=1S/C16H26N4OS/c1-3-6-13-17-18-15(22-13)20-11-8-16(12-20)7-5-10-19(9-4-2)14(16)21/h3-12H2,1-2H3. The van der Waals surface area contributed by atoms with Crippen LogP contribution in [0.4, 0.5) is 5.13 Å². The van der Waals surface area contributed by atoms with Gasteiger partial charge >= 0.3 is 0 Å². The molecule has 1 aromatic heterocycles. The third-order valence-corrected chi connectivity index (χ3v) is 5.91. The van der Waals surface area contributed by atoms with E-state index < -0.39 is 0 Å². The number of hydrogen-bond acceptors (Lipinski definition) is 5. The molecule has 2 saturated heterocycles. The third kappa shape index (κ3) is 2.85. The lowest BCUT2D eigenvalue weighted by Gasteiger charge is -2.39. The first kappa shape index (κ1) is 15.7.